The van der Waals surface area contributed by atoms with Gasteiger partial charge in [0.05, 0.1) is 6.20 Å². The second-order valence-corrected chi connectivity index (χ2v) is 4.82. The molecule has 0 unspecified atom stereocenters. The average Bonchev–Trinajstić information content (AvgIpc) is 2.41. The maximum Gasteiger partial charge on any atom is 0.275 e. The molecule has 1 heterocycles. The number of anilines is 1. The van der Waals surface area contributed by atoms with Crippen molar-refractivity contribution in [2.24, 2.45) is 0 Å². The number of benzene rings is 1. The van der Waals surface area contributed by atoms with Crippen LogP contribution in [0.3, 0.4) is 0 Å². The Kier molecular flexibility index (Phi) is 4.11. The highest BCUT2D eigenvalue weighted by atomic mass is 79.9. The van der Waals surface area contributed by atoms with Crippen LogP contribution in [0.25, 0.3) is 0 Å². The molecular formula is C13H12BrN3O2. The summed E-state index contributed by atoms with van der Waals surface area (Å²) in [5.74, 6) is -0.353. The van der Waals surface area contributed by atoms with Crippen molar-refractivity contribution in [1.29, 1.82) is 0 Å². The van der Waals surface area contributed by atoms with Crippen molar-refractivity contribution in [1.82, 2.24) is 9.97 Å². The van der Waals surface area contributed by atoms with Gasteiger partial charge < -0.3 is 10.3 Å². The smallest absolute Gasteiger partial charge is 0.275 e. The molecule has 0 bridgehead atoms. The third kappa shape index (κ3) is 3.29. The molecule has 98 valence electrons. The number of carbonyl (C=O) groups excluding carboxylic acids is 1. The fourth-order valence-corrected chi connectivity index (χ4v) is 2.04. The van der Waals surface area contributed by atoms with E-state index in [0.717, 1.165) is 28.3 Å². The Hall–Kier alpha value is -1.95. The van der Waals surface area contributed by atoms with E-state index in [4.69, 9.17) is 0 Å². The van der Waals surface area contributed by atoms with Crippen LogP contribution in [-0.2, 0) is 6.42 Å². The normalized spacial score (nSPS) is 10.2. The van der Waals surface area contributed by atoms with Gasteiger partial charge in [-0.3, -0.25) is 9.59 Å². The summed E-state index contributed by atoms with van der Waals surface area (Å²) in [6.45, 7) is 2.01. The van der Waals surface area contributed by atoms with Gasteiger partial charge >= 0.3 is 0 Å². The molecule has 1 aromatic heterocycles. The van der Waals surface area contributed by atoms with Crippen LogP contribution in [0.5, 0.6) is 0 Å². The van der Waals surface area contributed by atoms with Gasteiger partial charge in [-0.05, 0) is 30.2 Å². The van der Waals surface area contributed by atoms with Crippen molar-refractivity contribution in [3.63, 3.8) is 0 Å². The predicted molar refractivity (Wildman–Crippen MR) is 76.3 cm³/mol. The highest BCUT2D eigenvalue weighted by Gasteiger charge is 2.10. The summed E-state index contributed by atoms with van der Waals surface area (Å²) in [4.78, 5) is 29.1. The molecule has 2 rings (SSSR count). The van der Waals surface area contributed by atoms with Gasteiger partial charge in [0.2, 0.25) is 0 Å². The fraction of sp³-hybridized carbons (Fsp3) is 0.154. The minimum atomic E-state index is -0.353. The van der Waals surface area contributed by atoms with Crippen LogP contribution >= 0.6 is 15.9 Å². The zero-order chi connectivity index (χ0) is 13.8. The largest absolute Gasteiger partial charge is 0.325 e. The molecule has 0 saturated carbocycles. The number of nitrogens with zero attached hydrogens (tertiary/aromatic N) is 1. The topological polar surface area (TPSA) is 74.8 Å². The van der Waals surface area contributed by atoms with E-state index in [0.29, 0.717) is 0 Å². The number of carbonyl (C=O) groups is 1. The van der Waals surface area contributed by atoms with E-state index in [1.807, 2.05) is 25.1 Å². The van der Waals surface area contributed by atoms with E-state index in [9.17, 15) is 9.59 Å². The second kappa shape index (κ2) is 5.79. The fourth-order valence-electron chi connectivity index (χ4n) is 1.63. The highest BCUT2D eigenvalue weighted by Crippen LogP contribution is 2.21. The molecule has 2 N–H and O–H groups in total. The van der Waals surface area contributed by atoms with E-state index < -0.39 is 0 Å². The summed E-state index contributed by atoms with van der Waals surface area (Å²) < 4.78 is 0.963. The van der Waals surface area contributed by atoms with E-state index in [-0.39, 0.29) is 17.2 Å². The number of aromatic nitrogens is 2. The van der Waals surface area contributed by atoms with Crippen molar-refractivity contribution < 1.29 is 4.79 Å². The lowest BCUT2D eigenvalue weighted by molar-refractivity contribution is 0.102. The van der Waals surface area contributed by atoms with Gasteiger partial charge in [0.25, 0.3) is 11.5 Å². The molecular weight excluding hydrogens is 310 g/mol. The number of H-pyrrole nitrogens is 1. The average molecular weight is 322 g/mol. The van der Waals surface area contributed by atoms with Gasteiger partial charge in [0.15, 0.2) is 0 Å². The zero-order valence-electron chi connectivity index (χ0n) is 10.2. The summed E-state index contributed by atoms with van der Waals surface area (Å²) in [5.41, 5.74) is 1.59. The summed E-state index contributed by atoms with van der Waals surface area (Å²) in [6.07, 6.45) is 3.17. The Balaban J connectivity index is 2.23. The maximum atomic E-state index is 12.0. The van der Waals surface area contributed by atoms with Crippen LogP contribution in [0, 0.1) is 0 Å². The molecule has 0 fully saturated rings. The predicted octanol–water partition coefficient (Wildman–Crippen LogP) is 2.35. The molecule has 6 heteroatoms. The van der Waals surface area contributed by atoms with Crippen LogP contribution in [0.2, 0.25) is 0 Å². The third-order valence-electron chi connectivity index (χ3n) is 2.60. The Morgan fingerprint density at radius 3 is 2.89 bits per heavy atom. The molecule has 0 aliphatic rings. The molecule has 0 atom stereocenters. The van der Waals surface area contributed by atoms with Crippen LogP contribution in [-0.4, -0.2) is 15.9 Å². The first-order valence-corrected chi connectivity index (χ1v) is 6.54. The van der Waals surface area contributed by atoms with Gasteiger partial charge in [0, 0.05) is 16.4 Å². The molecule has 0 saturated heterocycles. The first-order chi connectivity index (χ1) is 9.10. The van der Waals surface area contributed by atoms with Crippen molar-refractivity contribution in [2.75, 3.05) is 5.32 Å². The number of aryl methyl sites for hydroxylation is 1. The van der Waals surface area contributed by atoms with E-state index in [2.05, 4.69) is 31.2 Å². The number of amides is 1. The quantitative estimate of drug-likeness (QED) is 0.911. The van der Waals surface area contributed by atoms with E-state index in [1.165, 1.54) is 6.20 Å². The summed E-state index contributed by atoms with van der Waals surface area (Å²) in [5, 5.41) is 2.78. The Morgan fingerprint density at radius 1 is 1.47 bits per heavy atom. The maximum absolute atomic E-state index is 12.0. The second-order valence-electron chi connectivity index (χ2n) is 3.91. The van der Waals surface area contributed by atoms with Gasteiger partial charge in [-0.1, -0.05) is 22.9 Å². The lowest BCUT2D eigenvalue weighted by atomic mass is 10.1. The lowest BCUT2D eigenvalue weighted by Gasteiger charge is -2.09. The van der Waals surface area contributed by atoms with E-state index in [1.54, 1.807) is 0 Å². The van der Waals surface area contributed by atoms with Crippen molar-refractivity contribution >= 4 is 27.5 Å². The van der Waals surface area contributed by atoms with Gasteiger partial charge in [-0.15, -0.1) is 0 Å². The van der Waals surface area contributed by atoms with Crippen LogP contribution in [0.4, 0.5) is 5.69 Å². The summed E-state index contributed by atoms with van der Waals surface area (Å²) >= 11 is 3.39. The summed E-state index contributed by atoms with van der Waals surface area (Å²) in [6, 6.07) is 5.64. The van der Waals surface area contributed by atoms with Crippen molar-refractivity contribution in [3.8, 4) is 0 Å². The molecule has 0 aliphatic carbocycles. The molecule has 0 aliphatic heterocycles. The minimum Gasteiger partial charge on any atom is -0.325 e. The van der Waals surface area contributed by atoms with Gasteiger partial charge in [0.1, 0.15) is 5.69 Å². The van der Waals surface area contributed by atoms with Crippen molar-refractivity contribution in [3.05, 3.63) is 56.7 Å². The number of aromatic amines is 1. The van der Waals surface area contributed by atoms with Crippen molar-refractivity contribution in [2.45, 2.75) is 13.3 Å². The molecule has 2 aromatic rings. The standard InChI is InChI=1S/C13H12BrN3O2/c1-2-8-5-9(14)3-4-10(8)17-13(19)11-6-16-12(18)7-15-11/h3-7H,2H2,1H3,(H,16,18)(H,17,19). The third-order valence-corrected chi connectivity index (χ3v) is 3.09. The number of hydrogen-bond acceptors (Lipinski definition) is 3. The summed E-state index contributed by atoms with van der Waals surface area (Å²) in [7, 11) is 0. The number of nitrogens with one attached hydrogen (secondary N) is 2. The molecule has 0 radical (unpaired) electrons. The van der Waals surface area contributed by atoms with Crippen LogP contribution in [0.1, 0.15) is 23.0 Å². The van der Waals surface area contributed by atoms with Crippen LogP contribution in [0.15, 0.2) is 39.9 Å². The Labute approximate surface area is 118 Å². The van der Waals surface area contributed by atoms with Crippen LogP contribution < -0.4 is 10.9 Å². The number of rotatable bonds is 3. The minimum absolute atomic E-state index is 0.171. The number of halogens is 1. The van der Waals surface area contributed by atoms with E-state index >= 15 is 0 Å². The first kappa shape index (κ1) is 13.5. The lowest BCUT2D eigenvalue weighted by Crippen LogP contribution is -2.17. The number of hydrogen-bond donors (Lipinski definition) is 2. The molecule has 1 amide bonds. The van der Waals surface area contributed by atoms with Gasteiger partial charge in [-0.2, -0.15) is 0 Å². The Morgan fingerprint density at radius 2 is 2.26 bits per heavy atom. The zero-order valence-corrected chi connectivity index (χ0v) is 11.8. The molecule has 5 nitrogen and oxygen atoms in total. The molecule has 19 heavy (non-hydrogen) atoms. The SMILES string of the molecule is CCc1cc(Br)ccc1NC(=O)c1c[nH]c(=O)cn1. The molecule has 1 aromatic carbocycles. The Bertz CT molecular complexity index is 647. The first-order valence-electron chi connectivity index (χ1n) is 5.74. The molecule has 0 spiro atoms. The highest BCUT2D eigenvalue weighted by molar-refractivity contribution is 9.10. The monoisotopic (exact) mass is 321 g/mol. The van der Waals surface area contributed by atoms with Gasteiger partial charge in [-0.25, -0.2) is 4.98 Å².